The first-order valence-corrected chi connectivity index (χ1v) is 8.12. The number of amides is 1. The first-order chi connectivity index (χ1) is 11.1. The van der Waals surface area contributed by atoms with Crippen molar-refractivity contribution in [2.24, 2.45) is 5.92 Å². The van der Waals surface area contributed by atoms with Crippen molar-refractivity contribution in [1.29, 1.82) is 0 Å². The van der Waals surface area contributed by atoms with Crippen LogP contribution in [0, 0.1) is 5.92 Å². The SMILES string of the molecule is CC[C@H](C)[C@@H](CO)NC(=O)CCn1ccc2cccc(OC)c21. The summed E-state index contributed by atoms with van der Waals surface area (Å²) in [5.41, 5.74) is 1.00. The molecule has 0 radical (unpaired) electrons. The summed E-state index contributed by atoms with van der Waals surface area (Å²) in [5.74, 6) is 1.03. The second kappa shape index (κ2) is 8.02. The molecule has 0 fully saturated rings. The van der Waals surface area contributed by atoms with Crippen LogP contribution in [0.3, 0.4) is 0 Å². The van der Waals surface area contributed by atoms with E-state index in [1.807, 2.05) is 42.0 Å². The van der Waals surface area contributed by atoms with Crippen molar-refractivity contribution >= 4 is 16.8 Å². The fourth-order valence-electron chi connectivity index (χ4n) is 2.73. The Morgan fingerprint density at radius 3 is 2.83 bits per heavy atom. The number of para-hydroxylation sites is 1. The quantitative estimate of drug-likeness (QED) is 0.786. The second-order valence-corrected chi connectivity index (χ2v) is 5.90. The van der Waals surface area contributed by atoms with Crippen molar-refractivity contribution in [1.82, 2.24) is 9.88 Å². The zero-order chi connectivity index (χ0) is 16.8. The smallest absolute Gasteiger partial charge is 0.222 e. The van der Waals surface area contributed by atoms with Crippen LogP contribution in [0.4, 0.5) is 0 Å². The molecule has 0 saturated carbocycles. The van der Waals surface area contributed by atoms with E-state index in [1.54, 1.807) is 7.11 Å². The number of fused-ring (bicyclic) bond motifs is 1. The van der Waals surface area contributed by atoms with Gasteiger partial charge < -0.3 is 19.7 Å². The maximum atomic E-state index is 12.2. The molecule has 2 rings (SSSR count). The number of carbonyl (C=O) groups excluding carboxylic acids is 1. The van der Waals surface area contributed by atoms with E-state index in [9.17, 15) is 9.90 Å². The molecule has 2 aromatic rings. The van der Waals surface area contributed by atoms with E-state index in [4.69, 9.17) is 4.74 Å². The molecule has 1 aromatic heterocycles. The van der Waals surface area contributed by atoms with Gasteiger partial charge in [0.1, 0.15) is 5.75 Å². The maximum Gasteiger partial charge on any atom is 0.222 e. The number of aliphatic hydroxyl groups excluding tert-OH is 1. The van der Waals surface area contributed by atoms with Crippen LogP contribution in [0.15, 0.2) is 30.5 Å². The molecular weight excluding hydrogens is 292 g/mol. The van der Waals surface area contributed by atoms with Crippen molar-refractivity contribution in [3.8, 4) is 5.75 Å². The van der Waals surface area contributed by atoms with Crippen molar-refractivity contribution in [2.45, 2.75) is 39.3 Å². The molecule has 2 N–H and O–H groups in total. The summed E-state index contributed by atoms with van der Waals surface area (Å²) >= 11 is 0. The van der Waals surface area contributed by atoms with Gasteiger partial charge in [-0.3, -0.25) is 4.79 Å². The van der Waals surface area contributed by atoms with Crippen LogP contribution in [0.1, 0.15) is 26.7 Å². The second-order valence-electron chi connectivity index (χ2n) is 5.90. The standard InChI is InChI=1S/C18H26N2O3/c1-4-13(2)15(12-21)19-17(22)9-11-20-10-8-14-6-5-7-16(23-3)18(14)20/h5-8,10,13,15,21H,4,9,11-12H2,1-3H3,(H,19,22)/t13-,15+/m0/s1. The Labute approximate surface area is 137 Å². The fraction of sp³-hybridized carbons (Fsp3) is 0.500. The van der Waals surface area contributed by atoms with Gasteiger partial charge in [-0.1, -0.05) is 32.4 Å². The highest BCUT2D eigenvalue weighted by atomic mass is 16.5. The lowest BCUT2D eigenvalue weighted by molar-refractivity contribution is -0.122. The van der Waals surface area contributed by atoms with Gasteiger partial charge in [0.15, 0.2) is 0 Å². The topological polar surface area (TPSA) is 63.5 Å². The molecule has 2 atom stereocenters. The molecule has 0 saturated heterocycles. The zero-order valence-electron chi connectivity index (χ0n) is 14.1. The molecular formula is C18H26N2O3. The number of nitrogens with one attached hydrogen (secondary N) is 1. The van der Waals surface area contributed by atoms with E-state index in [0.29, 0.717) is 13.0 Å². The molecule has 23 heavy (non-hydrogen) atoms. The lowest BCUT2D eigenvalue weighted by Crippen LogP contribution is -2.42. The Morgan fingerprint density at radius 2 is 2.17 bits per heavy atom. The molecule has 0 aliphatic heterocycles. The lowest BCUT2D eigenvalue weighted by atomic mass is 10.00. The Morgan fingerprint density at radius 1 is 1.39 bits per heavy atom. The van der Waals surface area contributed by atoms with Crippen LogP contribution in [-0.4, -0.2) is 35.3 Å². The minimum atomic E-state index is -0.177. The molecule has 0 spiro atoms. The monoisotopic (exact) mass is 318 g/mol. The first kappa shape index (κ1) is 17.3. The van der Waals surface area contributed by atoms with Crippen LogP contribution < -0.4 is 10.1 Å². The maximum absolute atomic E-state index is 12.2. The number of aryl methyl sites for hydroxylation is 1. The van der Waals surface area contributed by atoms with Gasteiger partial charge in [-0.15, -0.1) is 0 Å². The Balaban J connectivity index is 2.02. The van der Waals surface area contributed by atoms with Crippen molar-refractivity contribution in [3.05, 3.63) is 30.5 Å². The summed E-state index contributed by atoms with van der Waals surface area (Å²) in [7, 11) is 1.65. The molecule has 126 valence electrons. The third-order valence-corrected chi connectivity index (χ3v) is 4.43. The van der Waals surface area contributed by atoms with Gasteiger partial charge in [0.2, 0.25) is 5.91 Å². The van der Waals surface area contributed by atoms with Gasteiger partial charge in [-0.05, 0) is 18.1 Å². The van der Waals surface area contributed by atoms with Crippen LogP contribution in [-0.2, 0) is 11.3 Å². The van der Waals surface area contributed by atoms with E-state index in [2.05, 4.69) is 12.2 Å². The fourth-order valence-corrected chi connectivity index (χ4v) is 2.73. The average molecular weight is 318 g/mol. The summed E-state index contributed by atoms with van der Waals surface area (Å²) in [5, 5.41) is 13.4. The molecule has 1 heterocycles. The van der Waals surface area contributed by atoms with Crippen molar-refractivity contribution in [3.63, 3.8) is 0 Å². The Kier molecular flexibility index (Phi) is 6.04. The predicted molar refractivity (Wildman–Crippen MR) is 91.6 cm³/mol. The Hall–Kier alpha value is -2.01. The largest absolute Gasteiger partial charge is 0.495 e. The lowest BCUT2D eigenvalue weighted by Gasteiger charge is -2.22. The first-order valence-electron chi connectivity index (χ1n) is 8.12. The van der Waals surface area contributed by atoms with Crippen molar-refractivity contribution in [2.75, 3.05) is 13.7 Å². The number of aromatic nitrogens is 1. The molecule has 5 heteroatoms. The van der Waals surface area contributed by atoms with Crippen molar-refractivity contribution < 1.29 is 14.6 Å². The number of hydrogen-bond acceptors (Lipinski definition) is 3. The number of methoxy groups -OCH3 is 1. The van der Waals surface area contributed by atoms with Gasteiger partial charge in [0, 0.05) is 24.5 Å². The zero-order valence-corrected chi connectivity index (χ0v) is 14.1. The molecule has 1 aromatic carbocycles. The van der Waals surface area contributed by atoms with E-state index in [1.165, 1.54) is 0 Å². The van der Waals surface area contributed by atoms with E-state index in [0.717, 1.165) is 23.1 Å². The van der Waals surface area contributed by atoms with Gasteiger partial charge in [-0.2, -0.15) is 0 Å². The summed E-state index contributed by atoms with van der Waals surface area (Å²) in [6, 6.07) is 7.74. The molecule has 0 aliphatic rings. The minimum Gasteiger partial charge on any atom is -0.495 e. The normalized spacial score (nSPS) is 13.7. The van der Waals surface area contributed by atoms with Gasteiger partial charge in [-0.25, -0.2) is 0 Å². The van der Waals surface area contributed by atoms with Gasteiger partial charge in [0.25, 0.3) is 0 Å². The van der Waals surface area contributed by atoms with Crippen LogP contribution in [0.25, 0.3) is 10.9 Å². The van der Waals surface area contributed by atoms with E-state index < -0.39 is 0 Å². The summed E-state index contributed by atoms with van der Waals surface area (Å²) in [6.07, 6.45) is 3.26. The summed E-state index contributed by atoms with van der Waals surface area (Å²) in [6.45, 7) is 4.64. The highest BCUT2D eigenvalue weighted by molar-refractivity contribution is 5.86. The van der Waals surface area contributed by atoms with Crippen LogP contribution >= 0.6 is 0 Å². The number of nitrogens with zero attached hydrogens (tertiary/aromatic N) is 1. The average Bonchev–Trinajstić information content (AvgIpc) is 3.00. The molecule has 1 amide bonds. The summed E-state index contributed by atoms with van der Waals surface area (Å²) in [4.78, 5) is 12.2. The third kappa shape index (κ3) is 4.05. The van der Waals surface area contributed by atoms with Crippen LogP contribution in [0.5, 0.6) is 5.75 Å². The Bertz CT molecular complexity index is 651. The highest BCUT2D eigenvalue weighted by Gasteiger charge is 2.17. The van der Waals surface area contributed by atoms with Gasteiger partial charge >= 0.3 is 0 Å². The molecule has 5 nitrogen and oxygen atoms in total. The highest BCUT2D eigenvalue weighted by Crippen LogP contribution is 2.26. The third-order valence-electron chi connectivity index (χ3n) is 4.43. The molecule has 0 aliphatic carbocycles. The van der Waals surface area contributed by atoms with E-state index in [-0.39, 0.29) is 24.5 Å². The number of hydrogen-bond donors (Lipinski definition) is 2. The number of benzene rings is 1. The predicted octanol–water partition coefficient (Wildman–Crippen LogP) is 2.56. The molecule has 0 bridgehead atoms. The number of ether oxygens (including phenoxy) is 1. The van der Waals surface area contributed by atoms with E-state index >= 15 is 0 Å². The summed E-state index contributed by atoms with van der Waals surface area (Å²) < 4.78 is 7.44. The minimum absolute atomic E-state index is 0.0268. The van der Waals surface area contributed by atoms with Crippen LogP contribution in [0.2, 0.25) is 0 Å². The number of rotatable bonds is 8. The molecule has 0 unspecified atom stereocenters. The van der Waals surface area contributed by atoms with Gasteiger partial charge in [0.05, 0.1) is 25.3 Å². The number of carbonyl (C=O) groups is 1. The number of aliphatic hydroxyl groups is 1.